The highest BCUT2D eigenvalue weighted by atomic mass is 35.5. The molecule has 7 rings (SSSR count). The number of esters is 1. The zero-order chi connectivity index (χ0) is 19.6. The molecule has 2 N–H and O–H groups in total. The molecule has 3 saturated heterocycles. The molecule has 1 unspecified atom stereocenters. The molecule has 7 heteroatoms. The Kier molecular flexibility index (Phi) is 4.31. The summed E-state index contributed by atoms with van der Waals surface area (Å²) in [6.07, 6.45) is 3.38. The number of piperidine rings is 1. The number of halogens is 1. The summed E-state index contributed by atoms with van der Waals surface area (Å²) < 4.78 is 11.9. The number of aliphatic hydroxyl groups is 2. The van der Waals surface area contributed by atoms with Crippen LogP contribution < -0.4 is 0 Å². The topological polar surface area (TPSA) is 79.2 Å². The van der Waals surface area contributed by atoms with Crippen LogP contribution in [0.5, 0.6) is 0 Å². The van der Waals surface area contributed by atoms with Crippen LogP contribution >= 0.6 is 12.4 Å². The van der Waals surface area contributed by atoms with Gasteiger partial charge in [-0.05, 0) is 50.0 Å². The SMILES string of the molecule is CCN1C[C@]2(C)CC[C@H](OC)[C@@]34[C@@H]5C[C@@H]6CC[C@](O)(C([C@@H](O)[C@H]23)[C@@H]14)[C@H]5C(=O)O6.Cl. The summed E-state index contributed by atoms with van der Waals surface area (Å²) >= 11 is 0. The number of hydrogen-bond donors (Lipinski definition) is 2. The molecule has 1 spiro atoms. The first-order valence-corrected chi connectivity index (χ1v) is 11.2. The van der Waals surface area contributed by atoms with Gasteiger partial charge in [0, 0.05) is 36.9 Å². The lowest BCUT2D eigenvalue weighted by Gasteiger charge is -2.69. The zero-order valence-electron chi connectivity index (χ0n) is 17.5. The van der Waals surface area contributed by atoms with Crippen LogP contribution in [0.2, 0.25) is 0 Å². The molecular formula is C22H34ClNO5. The molecule has 11 atom stereocenters. The predicted molar refractivity (Wildman–Crippen MR) is 108 cm³/mol. The number of nitrogens with zero attached hydrogens (tertiary/aromatic N) is 1. The Morgan fingerprint density at radius 1 is 1.31 bits per heavy atom. The highest BCUT2D eigenvalue weighted by Crippen LogP contribution is 2.77. The van der Waals surface area contributed by atoms with Crippen molar-refractivity contribution in [1.29, 1.82) is 0 Å². The number of methoxy groups -OCH3 is 1. The van der Waals surface area contributed by atoms with Crippen LogP contribution in [0, 0.1) is 34.5 Å². The van der Waals surface area contributed by atoms with Gasteiger partial charge >= 0.3 is 5.97 Å². The summed E-state index contributed by atoms with van der Waals surface area (Å²) in [5.41, 5.74) is -1.46. The molecule has 0 amide bonds. The average molecular weight is 428 g/mol. The lowest BCUT2D eigenvalue weighted by Crippen LogP contribution is -2.76. The van der Waals surface area contributed by atoms with Crippen molar-refractivity contribution in [3.8, 4) is 0 Å². The second-order valence-electron chi connectivity index (χ2n) is 10.8. The molecule has 3 aliphatic heterocycles. The first kappa shape index (κ1) is 20.5. The third-order valence-electron chi connectivity index (χ3n) is 10.1. The lowest BCUT2D eigenvalue weighted by atomic mass is 9.42. The minimum atomic E-state index is -1.17. The summed E-state index contributed by atoms with van der Waals surface area (Å²) in [5, 5.41) is 23.9. The standard InChI is InChI=1S/C22H33NO5.ClH/c1-4-23-10-20(2)7-6-13(27-3)22-12-9-11-5-8-21(26,14(12)19(25)28-11)15(18(22)23)16(24)17(20)22;/h11-18,24,26H,4-10H2,1-3H3;1H/t11-,12+,13-,14+,15?,16+,17+,18+,20-,21+,22-;/m0./s1. The van der Waals surface area contributed by atoms with Crippen LogP contribution in [0.15, 0.2) is 0 Å². The molecule has 0 aromatic rings. The first-order valence-electron chi connectivity index (χ1n) is 11.2. The van der Waals surface area contributed by atoms with Crippen LogP contribution in [0.3, 0.4) is 0 Å². The van der Waals surface area contributed by atoms with Gasteiger partial charge in [0.05, 0.1) is 23.7 Å². The predicted octanol–water partition coefficient (Wildman–Crippen LogP) is 1.61. The van der Waals surface area contributed by atoms with E-state index in [1.807, 2.05) is 0 Å². The fraction of sp³-hybridized carbons (Fsp3) is 0.955. The van der Waals surface area contributed by atoms with E-state index in [0.717, 1.165) is 32.4 Å². The number of rotatable bonds is 2. The number of aliphatic hydroxyl groups excluding tert-OH is 1. The van der Waals surface area contributed by atoms with Gasteiger partial charge < -0.3 is 19.7 Å². The van der Waals surface area contributed by atoms with Crippen molar-refractivity contribution in [2.75, 3.05) is 20.2 Å². The molecule has 29 heavy (non-hydrogen) atoms. The maximum Gasteiger partial charge on any atom is 0.312 e. The van der Waals surface area contributed by atoms with Gasteiger partial charge in [-0.3, -0.25) is 9.69 Å². The average Bonchev–Trinajstić information content (AvgIpc) is 2.73. The van der Waals surface area contributed by atoms with Crippen LogP contribution in [0.4, 0.5) is 0 Å². The number of likely N-dealkylation sites (tertiary alicyclic amines) is 1. The summed E-state index contributed by atoms with van der Waals surface area (Å²) in [5.74, 6) is -0.969. The zero-order valence-corrected chi connectivity index (χ0v) is 18.4. The lowest BCUT2D eigenvalue weighted by molar-refractivity contribution is -0.269. The molecular weight excluding hydrogens is 394 g/mol. The Labute approximate surface area is 178 Å². The van der Waals surface area contributed by atoms with Gasteiger partial charge in [0.2, 0.25) is 0 Å². The van der Waals surface area contributed by atoms with Crippen LogP contribution in [-0.2, 0) is 14.3 Å². The number of carbonyl (C=O) groups is 1. The Bertz CT molecular complexity index is 736. The van der Waals surface area contributed by atoms with Gasteiger partial charge in [-0.2, -0.15) is 0 Å². The highest BCUT2D eigenvalue weighted by molar-refractivity contribution is 5.85. The Morgan fingerprint density at radius 3 is 2.76 bits per heavy atom. The molecule has 7 aliphatic rings. The van der Waals surface area contributed by atoms with Crippen molar-refractivity contribution in [3.63, 3.8) is 0 Å². The Balaban J connectivity index is 0.00000181. The van der Waals surface area contributed by atoms with Gasteiger partial charge in [0.1, 0.15) is 6.10 Å². The molecule has 7 fully saturated rings. The molecule has 3 heterocycles. The second kappa shape index (κ2) is 6.10. The van der Waals surface area contributed by atoms with Crippen molar-refractivity contribution in [2.45, 2.75) is 75.9 Å². The fourth-order valence-electron chi connectivity index (χ4n) is 9.64. The van der Waals surface area contributed by atoms with E-state index in [9.17, 15) is 15.0 Å². The van der Waals surface area contributed by atoms with E-state index in [1.165, 1.54) is 0 Å². The normalized spacial score (nSPS) is 59.7. The third kappa shape index (κ3) is 2.02. The Hall–Kier alpha value is -0.400. The molecule has 0 aromatic heterocycles. The fourth-order valence-corrected chi connectivity index (χ4v) is 9.64. The molecule has 6 nitrogen and oxygen atoms in total. The maximum atomic E-state index is 13.1. The summed E-state index contributed by atoms with van der Waals surface area (Å²) in [6.45, 7) is 6.38. The van der Waals surface area contributed by atoms with Gasteiger partial charge in [0.15, 0.2) is 0 Å². The highest BCUT2D eigenvalue weighted by Gasteiger charge is 2.84. The molecule has 9 bridgehead atoms. The number of ether oxygens (including phenoxy) is 2. The third-order valence-corrected chi connectivity index (χ3v) is 10.1. The van der Waals surface area contributed by atoms with E-state index in [4.69, 9.17) is 9.47 Å². The van der Waals surface area contributed by atoms with E-state index in [-0.39, 0.29) is 65.2 Å². The number of hydrogen-bond acceptors (Lipinski definition) is 6. The maximum absolute atomic E-state index is 13.1. The smallest absolute Gasteiger partial charge is 0.312 e. The molecule has 0 radical (unpaired) electrons. The second-order valence-corrected chi connectivity index (χ2v) is 10.8. The van der Waals surface area contributed by atoms with E-state index >= 15 is 0 Å². The molecule has 4 aliphatic carbocycles. The van der Waals surface area contributed by atoms with Crippen molar-refractivity contribution in [3.05, 3.63) is 0 Å². The van der Waals surface area contributed by atoms with Crippen molar-refractivity contribution in [1.82, 2.24) is 4.90 Å². The number of carbonyl (C=O) groups excluding carboxylic acids is 1. The minimum Gasteiger partial charge on any atom is -0.462 e. The summed E-state index contributed by atoms with van der Waals surface area (Å²) in [6, 6.07) is 0.0757. The van der Waals surface area contributed by atoms with Crippen molar-refractivity contribution in [2.24, 2.45) is 34.5 Å². The summed E-state index contributed by atoms with van der Waals surface area (Å²) in [7, 11) is 1.79. The van der Waals surface area contributed by atoms with Crippen LogP contribution in [-0.4, -0.2) is 71.2 Å². The van der Waals surface area contributed by atoms with Gasteiger partial charge in [0.25, 0.3) is 0 Å². The van der Waals surface area contributed by atoms with E-state index in [0.29, 0.717) is 12.8 Å². The van der Waals surface area contributed by atoms with Gasteiger partial charge in [-0.25, -0.2) is 0 Å². The molecule has 0 aromatic carbocycles. The monoisotopic (exact) mass is 427 g/mol. The summed E-state index contributed by atoms with van der Waals surface area (Å²) in [4.78, 5) is 15.6. The Morgan fingerprint density at radius 2 is 2.07 bits per heavy atom. The largest absolute Gasteiger partial charge is 0.462 e. The molecule has 4 saturated carbocycles. The minimum absolute atomic E-state index is 0. The number of fused-ring (bicyclic) bond motifs is 2. The van der Waals surface area contributed by atoms with Crippen LogP contribution in [0.25, 0.3) is 0 Å². The van der Waals surface area contributed by atoms with Gasteiger partial charge in [-0.15, -0.1) is 12.4 Å². The van der Waals surface area contributed by atoms with E-state index in [1.54, 1.807) is 7.11 Å². The first-order chi connectivity index (χ1) is 13.3. The van der Waals surface area contributed by atoms with E-state index < -0.39 is 17.6 Å². The van der Waals surface area contributed by atoms with Crippen LogP contribution in [0.1, 0.15) is 46.0 Å². The van der Waals surface area contributed by atoms with Crippen molar-refractivity contribution >= 4 is 18.4 Å². The van der Waals surface area contributed by atoms with E-state index in [2.05, 4.69) is 18.7 Å². The van der Waals surface area contributed by atoms with Gasteiger partial charge in [-0.1, -0.05) is 13.8 Å². The molecule has 164 valence electrons. The van der Waals surface area contributed by atoms with Crippen molar-refractivity contribution < 1.29 is 24.5 Å². The quantitative estimate of drug-likeness (QED) is 0.652.